The first-order valence-corrected chi connectivity index (χ1v) is 6.23. The van der Waals surface area contributed by atoms with Gasteiger partial charge in [-0.05, 0) is 36.0 Å². The molecule has 16 heavy (non-hydrogen) atoms. The molecule has 1 N–H and O–H groups in total. The molecule has 1 saturated carbocycles. The summed E-state index contributed by atoms with van der Waals surface area (Å²) >= 11 is 0. The summed E-state index contributed by atoms with van der Waals surface area (Å²) in [5.74, 6) is 0.610. The second kappa shape index (κ2) is 5.35. The van der Waals surface area contributed by atoms with Gasteiger partial charge >= 0.3 is 0 Å². The number of aromatic nitrogens is 1. The fourth-order valence-corrected chi connectivity index (χ4v) is 2.59. The molecule has 0 atom stereocenters. The molecule has 0 aromatic carbocycles. The normalized spacial score (nSPS) is 19.0. The van der Waals surface area contributed by atoms with E-state index >= 15 is 0 Å². The third-order valence-electron chi connectivity index (χ3n) is 3.52. The fourth-order valence-electron chi connectivity index (χ4n) is 2.59. The summed E-state index contributed by atoms with van der Waals surface area (Å²) in [6.07, 6.45) is 12.8. The van der Waals surface area contributed by atoms with Gasteiger partial charge in [0.05, 0.1) is 6.61 Å². The summed E-state index contributed by atoms with van der Waals surface area (Å²) in [7, 11) is 2.02. The predicted molar refractivity (Wildman–Crippen MR) is 67.1 cm³/mol. The first-order valence-electron chi connectivity index (χ1n) is 6.23. The van der Waals surface area contributed by atoms with Crippen LogP contribution in [0.15, 0.2) is 24.0 Å². The van der Waals surface area contributed by atoms with E-state index in [1.165, 1.54) is 43.2 Å². The van der Waals surface area contributed by atoms with Crippen LogP contribution in [0.4, 0.5) is 0 Å². The van der Waals surface area contributed by atoms with E-state index in [0.717, 1.165) is 0 Å². The highest BCUT2D eigenvalue weighted by Crippen LogP contribution is 2.30. The topological polar surface area (TPSA) is 25.2 Å². The van der Waals surface area contributed by atoms with Crippen LogP contribution in [0, 0.1) is 5.92 Å². The van der Waals surface area contributed by atoms with Crippen LogP contribution in [0.1, 0.15) is 37.7 Å². The average molecular weight is 219 g/mol. The highest BCUT2D eigenvalue weighted by atomic mass is 16.3. The van der Waals surface area contributed by atoms with Gasteiger partial charge in [-0.1, -0.05) is 25.3 Å². The molecule has 0 saturated heterocycles. The standard InChI is InChI=1S/C14H21NO/c1-15-8-7-12(10-15)9-14(11-16)13-5-3-2-4-6-13/h7-10,13,16H,2-6,11H2,1H3. The van der Waals surface area contributed by atoms with Crippen molar-refractivity contribution in [3.8, 4) is 0 Å². The molecule has 1 aliphatic rings. The van der Waals surface area contributed by atoms with Gasteiger partial charge in [0, 0.05) is 19.4 Å². The molecule has 0 unspecified atom stereocenters. The molecular weight excluding hydrogens is 198 g/mol. The SMILES string of the molecule is Cn1ccc(C=C(CO)C2CCCCC2)c1. The van der Waals surface area contributed by atoms with Crippen molar-refractivity contribution in [3.05, 3.63) is 29.6 Å². The Kier molecular flexibility index (Phi) is 3.83. The maximum atomic E-state index is 9.47. The molecule has 1 heterocycles. The lowest BCUT2D eigenvalue weighted by atomic mass is 9.83. The summed E-state index contributed by atoms with van der Waals surface area (Å²) in [5, 5.41) is 9.47. The highest BCUT2D eigenvalue weighted by Gasteiger charge is 2.17. The van der Waals surface area contributed by atoms with E-state index in [4.69, 9.17) is 0 Å². The van der Waals surface area contributed by atoms with E-state index in [-0.39, 0.29) is 6.61 Å². The lowest BCUT2D eigenvalue weighted by molar-refractivity contribution is 0.295. The van der Waals surface area contributed by atoms with Gasteiger partial charge in [-0.15, -0.1) is 0 Å². The van der Waals surface area contributed by atoms with Crippen LogP contribution in [-0.2, 0) is 7.05 Å². The summed E-state index contributed by atoms with van der Waals surface area (Å²) in [6.45, 7) is 0.208. The molecule has 1 aliphatic carbocycles. The molecule has 1 fully saturated rings. The molecular formula is C14H21NO. The van der Waals surface area contributed by atoms with E-state index in [1.54, 1.807) is 0 Å². The van der Waals surface area contributed by atoms with Gasteiger partial charge in [-0.2, -0.15) is 0 Å². The van der Waals surface area contributed by atoms with Crippen molar-refractivity contribution in [1.29, 1.82) is 0 Å². The Hall–Kier alpha value is -1.02. The molecule has 2 rings (SSSR count). The van der Waals surface area contributed by atoms with Gasteiger partial charge in [-0.25, -0.2) is 0 Å². The summed E-state index contributed by atoms with van der Waals surface area (Å²) in [4.78, 5) is 0. The zero-order valence-corrected chi connectivity index (χ0v) is 10.0. The Morgan fingerprint density at radius 3 is 2.75 bits per heavy atom. The van der Waals surface area contributed by atoms with Gasteiger partial charge in [0.2, 0.25) is 0 Å². The zero-order chi connectivity index (χ0) is 11.4. The number of rotatable bonds is 3. The Labute approximate surface area is 97.6 Å². The lowest BCUT2D eigenvalue weighted by Gasteiger charge is -2.23. The Balaban J connectivity index is 2.11. The summed E-state index contributed by atoms with van der Waals surface area (Å²) < 4.78 is 2.04. The number of hydrogen-bond acceptors (Lipinski definition) is 1. The monoisotopic (exact) mass is 219 g/mol. The number of aliphatic hydroxyl groups is 1. The van der Waals surface area contributed by atoms with Gasteiger partial charge < -0.3 is 9.67 Å². The molecule has 2 heteroatoms. The van der Waals surface area contributed by atoms with Gasteiger partial charge in [0.1, 0.15) is 0 Å². The van der Waals surface area contributed by atoms with Crippen LogP contribution < -0.4 is 0 Å². The van der Waals surface area contributed by atoms with E-state index in [0.29, 0.717) is 5.92 Å². The maximum Gasteiger partial charge on any atom is 0.0647 e. The number of aryl methyl sites for hydroxylation is 1. The molecule has 88 valence electrons. The highest BCUT2D eigenvalue weighted by molar-refractivity contribution is 5.52. The van der Waals surface area contributed by atoms with Crippen LogP contribution in [0.2, 0.25) is 0 Å². The Morgan fingerprint density at radius 1 is 1.44 bits per heavy atom. The van der Waals surface area contributed by atoms with Crippen LogP contribution in [0.3, 0.4) is 0 Å². The Morgan fingerprint density at radius 2 is 2.19 bits per heavy atom. The van der Waals surface area contributed by atoms with Crippen molar-refractivity contribution in [2.45, 2.75) is 32.1 Å². The molecule has 1 aromatic heterocycles. The van der Waals surface area contributed by atoms with E-state index in [9.17, 15) is 5.11 Å². The first-order chi connectivity index (χ1) is 7.79. The van der Waals surface area contributed by atoms with Crippen molar-refractivity contribution in [3.63, 3.8) is 0 Å². The third-order valence-corrected chi connectivity index (χ3v) is 3.52. The first kappa shape index (κ1) is 11.5. The largest absolute Gasteiger partial charge is 0.392 e. The van der Waals surface area contributed by atoms with E-state index in [1.807, 2.05) is 17.8 Å². The van der Waals surface area contributed by atoms with Crippen molar-refractivity contribution in [1.82, 2.24) is 4.57 Å². The quantitative estimate of drug-likeness (QED) is 0.830. The van der Waals surface area contributed by atoms with Crippen LogP contribution in [0.5, 0.6) is 0 Å². The second-order valence-corrected chi connectivity index (χ2v) is 4.82. The molecule has 0 aliphatic heterocycles. The maximum absolute atomic E-state index is 9.47. The van der Waals surface area contributed by atoms with E-state index in [2.05, 4.69) is 18.3 Å². The molecule has 0 spiro atoms. The van der Waals surface area contributed by atoms with E-state index < -0.39 is 0 Å². The second-order valence-electron chi connectivity index (χ2n) is 4.82. The Bertz CT molecular complexity index is 359. The van der Waals surface area contributed by atoms with Gasteiger partial charge in [0.15, 0.2) is 0 Å². The van der Waals surface area contributed by atoms with Crippen LogP contribution >= 0.6 is 0 Å². The third kappa shape index (κ3) is 2.76. The van der Waals surface area contributed by atoms with Crippen molar-refractivity contribution >= 4 is 6.08 Å². The molecule has 1 aromatic rings. The number of aliphatic hydroxyl groups excluding tert-OH is 1. The molecule has 2 nitrogen and oxygen atoms in total. The number of hydrogen-bond donors (Lipinski definition) is 1. The van der Waals surface area contributed by atoms with Crippen molar-refractivity contribution < 1.29 is 5.11 Å². The average Bonchev–Trinajstić information content (AvgIpc) is 2.73. The lowest BCUT2D eigenvalue weighted by Crippen LogP contribution is -2.11. The molecule has 0 amide bonds. The minimum absolute atomic E-state index is 0.208. The van der Waals surface area contributed by atoms with Crippen LogP contribution in [0.25, 0.3) is 6.08 Å². The summed E-state index contributed by atoms with van der Waals surface area (Å²) in [6, 6.07) is 2.10. The minimum Gasteiger partial charge on any atom is -0.392 e. The molecule has 0 bridgehead atoms. The predicted octanol–water partition coefficient (Wildman–Crippen LogP) is 2.98. The summed E-state index contributed by atoms with van der Waals surface area (Å²) in [5.41, 5.74) is 2.42. The minimum atomic E-state index is 0.208. The fraction of sp³-hybridized carbons (Fsp3) is 0.571. The van der Waals surface area contributed by atoms with Crippen LogP contribution in [-0.4, -0.2) is 16.3 Å². The number of nitrogens with zero attached hydrogens (tertiary/aromatic N) is 1. The molecule has 0 radical (unpaired) electrons. The zero-order valence-electron chi connectivity index (χ0n) is 10.0. The van der Waals surface area contributed by atoms with Crippen molar-refractivity contribution in [2.24, 2.45) is 13.0 Å². The van der Waals surface area contributed by atoms with Gasteiger partial charge in [0.25, 0.3) is 0 Å². The van der Waals surface area contributed by atoms with Gasteiger partial charge in [-0.3, -0.25) is 0 Å². The van der Waals surface area contributed by atoms with Crippen molar-refractivity contribution in [2.75, 3.05) is 6.61 Å². The smallest absolute Gasteiger partial charge is 0.0647 e.